The average molecular weight is 225 g/mol. The van der Waals surface area contributed by atoms with E-state index < -0.39 is 0 Å². The molecule has 0 nitrogen and oxygen atoms in total. The summed E-state index contributed by atoms with van der Waals surface area (Å²) in [5.41, 5.74) is 2.06. The molecule has 0 heterocycles. The quantitative estimate of drug-likeness (QED) is 0.650. The first-order chi connectivity index (χ1) is 7.18. The summed E-state index contributed by atoms with van der Waals surface area (Å²) in [7, 11) is 0. The molecule has 0 aliphatic heterocycles. The van der Waals surface area contributed by atoms with Gasteiger partial charge in [0.1, 0.15) is 5.82 Å². The van der Waals surface area contributed by atoms with Crippen LogP contribution in [0.5, 0.6) is 0 Å². The van der Waals surface area contributed by atoms with Gasteiger partial charge in [-0.1, -0.05) is 36.7 Å². The maximum absolute atomic E-state index is 13.3. The lowest BCUT2D eigenvalue weighted by Crippen LogP contribution is -2.01. The van der Waals surface area contributed by atoms with Gasteiger partial charge in [-0.2, -0.15) is 0 Å². The average Bonchev–Trinajstić information content (AvgIpc) is 2.24. The van der Waals surface area contributed by atoms with E-state index in [4.69, 9.17) is 11.6 Å². The Morgan fingerprint density at radius 1 is 1.40 bits per heavy atom. The summed E-state index contributed by atoms with van der Waals surface area (Å²) < 4.78 is 13.3. The minimum atomic E-state index is -0.325. The lowest BCUT2D eigenvalue weighted by molar-refractivity contribution is 0.533. The molecule has 1 aromatic carbocycles. The van der Waals surface area contributed by atoms with Gasteiger partial charge in [0.15, 0.2) is 0 Å². The van der Waals surface area contributed by atoms with Crippen LogP contribution in [0, 0.1) is 11.7 Å². The molecule has 1 aromatic rings. The van der Waals surface area contributed by atoms with Crippen LogP contribution >= 0.6 is 11.6 Å². The molecule has 2 heteroatoms. The van der Waals surface area contributed by atoms with Crippen LogP contribution in [0.1, 0.15) is 31.7 Å². The maximum Gasteiger partial charge on any atom is 0.142 e. The van der Waals surface area contributed by atoms with E-state index in [0.717, 1.165) is 24.3 Å². The molecule has 1 atom stereocenters. The van der Waals surface area contributed by atoms with Gasteiger partial charge in [0.05, 0.1) is 5.02 Å². The van der Waals surface area contributed by atoms with Gasteiger partial charge in [0.25, 0.3) is 0 Å². The Kier molecular flexibility index (Phi) is 3.11. The molecule has 1 unspecified atom stereocenters. The van der Waals surface area contributed by atoms with E-state index >= 15 is 0 Å². The zero-order chi connectivity index (χ0) is 10.8. The van der Waals surface area contributed by atoms with Crippen molar-refractivity contribution in [3.05, 3.63) is 40.7 Å². The smallest absolute Gasteiger partial charge is 0.142 e. The standard InChI is InChI=1S/C13H14ClF/c1-9-5-7-10(8-6-9)11-3-2-4-12(15)13(11)14/h2-4,7,9H,5-6,8H2,1H3. The van der Waals surface area contributed by atoms with Gasteiger partial charge in [-0.15, -0.1) is 0 Å². The Hall–Kier alpha value is -0.820. The van der Waals surface area contributed by atoms with Crippen LogP contribution in [0.25, 0.3) is 5.57 Å². The summed E-state index contributed by atoms with van der Waals surface area (Å²) >= 11 is 5.95. The van der Waals surface area contributed by atoms with Gasteiger partial charge in [0, 0.05) is 0 Å². The van der Waals surface area contributed by atoms with E-state index in [1.54, 1.807) is 6.07 Å². The summed E-state index contributed by atoms with van der Waals surface area (Å²) in [5.74, 6) is 0.412. The maximum atomic E-state index is 13.3. The molecule has 80 valence electrons. The Labute approximate surface area is 94.8 Å². The molecular weight excluding hydrogens is 211 g/mol. The lowest BCUT2D eigenvalue weighted by Gasteiger charge is -2.19. The highest BCUT2D eigenvalue weighted by Gasteiger charge is 2.15. The molecule has 1 aliphatic rings. The van der Waals surface area contributed by atoms with Crippen molar-refractivity contribution in [2.45, 2.75) is 26.2 Å². The molecule has 15 heavy (non-hydrogen) atoms. The highest BCUT2D eigenvalue weighted by atomic mass is 35.5. The Morgan fingerprint density at radius 3 is 2.87 bits per heavy atom. The van der Waals surface area contributed by atoms with Crippen molar-refractivity contribution in [2.75, 3.05) is 0 Å². The molecule has 1 aliphatic carbocycles. The molecule has 0 amide bonds. The van der Waals surface area contributed by atoms with Gasteiger partial charge in [-0.25, -0.2) is 4.39 Å². The van der Waals surface area contributed by atoms with Gasteiger partial charge in [-0.3, -0.25) is 0 Å². The van der Waals surface area contributed by atoms with Crippen LogP contribution in [0.4, 0.5) is 4.39 Å². The first-order valence-corrected chi connectivity index (χ1v) is 5.69. The van der Waals surface area contributed by atoms with Crippen molar-refractivity contribution in [3.8, 4) is 0 Å². The van der Waals surface area contributed by atoms with Gasteiger partial charge >= 0.3 is 0 Å². The summed E-state index contributed by atoms with van der Waals surface area (Å²) in [6.45, 7) is 2.24. The van der Waals surface area contributed by atoms with Gasteiger partial charge in [0.2, 0.25) is 0 Å². The van der Waals surface area contributed by atoms with E-state index in [2.05, 4.69) is 13.0 Å². The zero-order valence-electron chi connectivity index (χ0n) is 8.76. The third-order valence-corrected chi connectivity index (χ3v) is 3.35. The first-order valence-electron chi connectivity index (χ1n) is 5.32. The third-order valence-electron chi connectivity index (χ3n) is 2.97. The predicted octanol–water partition coefficient (Wildman–Crippen LogP) is 4.68. The van der Waals surface area contributed by atoms with Crippen LogP contribution in [0.2, 0.25) is 5.02 Å². The Balaban J connectivity index is 2.34. The largest absolute Gasteiger partial charge is 0.205 e. The van der Waals surface area contributed by atoms with Crippen LogP contribution in [0.15, 0.2) is 24.3 Å². The first kappa shape index (κ1) is 10.7. The highest BCUT2D eigenvalue weighted by molar-refractivity contribution is 6.32. The molecule has 2 rings (SSSR count). The van der Waals surface area contributed by atoms with Crippen LogP contribution in [-0.4, -0.2) is 0 Å². The van der Waals surface area contributed by atoms with E-state index in [1.807, 2.05) is 6.07 Å². The molecule has 0 saturated carbocycles. The topological polar surface area (TPSA) is 0 Å². The normalized spacial score (nSPS) is 21.3. The molecule has 0 spiro atoms. The summed E-state index contributed by atoms with van der Waals surface area (Å²) in [5, 5.41) is 0.262. The van der Waals surface area contributed by atoms with Gasteiger partial charge < -0.3 is 0 Å². The van der Waals surface area contributed by atoms with Crippen molar-refractivity contribution in [1.82, 2.24) is 0 Å². The number of hydrogen-bond donors (Lipinski definition) is 0. The van der Waals surface area contributed by atoms with Crippen LogP contribution < -0.4 is 0 Å². The van der Waals surface area contributed by atoms with Crippen molar-refractivity contribution >= 4 is 17.2 Å². The molecule has 0 saturated heterocycles. The minimum Gasteiger partial charge on any atom is -0.205 e. The molecule has 0 fully saturated rings. The van der Waals surface area contributed by atoms with Crippen LogP contribution in [-0.2, 0) is 0 Å². The van der Waals surface area contributed by atoms with E-state index in [0.29, 0.717) is 0 Å². The second-order valence-electron chi connectivity index (χ2n) is 4.21. The fourth-order valence-electron chi connectivity index (χ4n) is 1.96. The summed E-state index contributed by atoms with van der Waals surface area (Å²) in [6, 6.07) is 5.01. The summed E-state index contributed by atoms with van der Waals surface area (Å²) in [6.07, 6.45) is 5.43. The molecule has 0 radical (unpaired) electrons. The Morgan fingerprint density at radius 2 is 2.20 bits per heavy atom. The minimum absolute atomic E-state index is 0.262. The second kappa shape index (κ2) is 4.36. The van der Waals surface area contributed by atoms with E-state index in [1.165, 1.54) is 18.1 Å². The van der Waals surface area contributed by atoms with E-state index in [9.17, 15) is 4.39 Å². The van der Waals surface area contributed by atoms with Gasteiger partial charge in [-0.05, 0) is 42.4 Å². The summed E-state index contributed by atoms with van der Waals surface area (Å²) in [4.78, 5) is 0. The second-order valence-corrected chi connectivity index (χ2v) is 4.59. The number of allylic oxidation sites excluding steroid dienone is 2. The lowest BCUT2D eigenvalue weighted by atomic mass is 9.88. The number of halogens is 2. The number of rotatable bonds is 1. The molecule has 0 N–H and O–H groups in total. The Bertz CT molecular complexity index is 396. The van der Waals surface area contributed by atoms with Crippen molar-refractivity contribution < 1.29 is 4.39 Å². The van der Waals surface area contributed by atoms with E-state index in [-0.39, 0.29) is 10.8 Å². The zero-order valence-corrected chi connectivity index (χ0v) is 9.52. The SMILES string of the molecule is CC1CC=C(c2cccc(F)c2Cl)CC1. The van der Waals surface area contributed by atoms with Crippen molar-refractivity contribution in [2.24, 2.45) is 5.92 Å². The fourth-order valence-corrected chi connectivity index (χ4v) is 2.21. The molecular formula is C13H14ClF. The number of hydrogen-bond acceptors (Lipinski definition) is 0. The van der Waals surface area contributed by atoms with Crippen LogP contribution in [0.3, 0.4) is 0 Å². The third kappa shape index (κ3) is 2.23. The van der Waals surface area contributed by atoms with Crippen molar-refractivity contribution in [3.63, 3.8) is 0 Å². The predicted molar refractivity (Wildman–Crippen MR) is 62.4 cm³/mol. The molecule has 0 aromatic heterocycles. The van der Waals surface area contributed by atoms with Crippen molar-refractivity contribution in [1.29, 1.82) is 0 Å². The monoisotopic (exact) mass is 224 g/mol. The number of benzene rings is 1. The highest BCUT2D eigenvalue weighted by Crippen LogP contribution is 2.34. The fraction of sp³-hybridized carbons (Fsp3) is 0.385. The molecule has 0 bridgehead atoms.